The summed E-state index contributed by atoms with van der Waals surface area (Å²) >= 11 is 0. The molecule has 7 nitrogen and oxygen atoms in total. The molecule has 1 unspecified atom stereocenters. The van der Waals surface area contributed by atoms with Crippen LogP contribution in [0.25, 0.3) is 0 Å². The quantitative estimate of drug-likeness (QED) is 0.558. The van der Waals surface area contributed by atoms with Crippen LogP contribution in [0.15, 0.2) is 18.2 Å². The van der Waals surface area contributed by atoms with Crippen molar-refractivity contribution in [1.29, 1.82) is 0 Å². The van der Waals surface area contributed by atoms with Gasteiger partial charge in [-0.15, -0.1) is 0 Å². The fourth-order valence-electron chi connectivity index (χ4n) is 2.86. The number of benzene rings is 1. The molecular weight excluding hydrogens is 394 g/mol. The highest BCUT2D eigenvalue weighted by atomic mass is 19.1. The van der Waals surface area contributed by atoms with Gasteiger partial charge in [0.25, 0.3) is 5.91 Å². The molecule has 0 heterocycles. The number of halogens is 2. The Morgan fingerprint density at radius 2 is 1.67 bits per heavy atom. The monoisotopic (exact) mass is 426 g/mol. The van der Waals surface area contributed by atoms with Crippen LogP contribution in [-0.2, 0) is 20.8 Å². The number of unbranched alkanes of at least 4 members (excludes halogenated alkanes) is 1. The van der Waals surface area contributed by atoms with Gasteiger partial charge in [0, 0.05) is 19.2 Å². The second-order valence-corrected chi connectivity index (χ2v) is 7.62. The first kappa shape index (κ1) is 25.6. The van der Waals surface area contributed by atoms with E-state index in [4.69, 9.17) is 5.73 Å². The lowest BCUT2D eigenvalue weighted by Crippen LogP contribution is -2.54. The third kappa shape index (κ3) is 8.54. The lowest BCUT2D eigenvalue weighted by molar-refractivity contribution is -0.148. The highest BCUT2D eigenvalue weighted by Gasteiger charge is 2.30. The third-order valence-corrected chi connectivity index (χ3v) is 4.52. The van der Waals surface area contributed by atoms with Crippen molar-refractivity contribution < 1.29 is 23.2 Å². The van der Waals surface area contributed by atoms with Gasteiger partial charge in [0.1, 0.15) is 17.7 Å². The van der Waals surface area contributed by atoms with E-state index in [9.17, 15) is 23.2 Å². The van der Waals surface area contributed by atoms with Gasteiger partial charge in [-0.3, -0.25) is 19.3 Å². The number of rotatable bonds is 11. The van der Waals surface area contributed by atoms with Gasteiger partial charge < -0.3 is 16.0 Å². The summed E-state index contributed by atoms with van der Waals surface area (Å²) in [7, 11) is 3.63. The van der Waals surface area contributed by atoms with Crippen molar-refractivity contribution in [3.8, 4) is 0 Å². The molecular formula is C21H32F2N4O3. The fraction of sp³-hybridized carbons (Fsp3) is 0.571. The van der Waals surface area contributed by atoms with Crippen molar-refractivity contribution in [1.82, 2.24) is 15.1 Å². The second-order valence-electron chi connectivity index (χ2n) is 7.62. The summed E-state index contributed by atoms with van der Waals surface area (Å²) < 4.78 is 26.6. The summed E-state index contributed by atoms with van der Waals surface area (Å²) in [6, 6.07) is 1.02. The van der Waals surface area contributed by atoms with Gasteiger partial charge in [0.05, 0.1) is 12.5 Å². The van der Waals surface area contributed by atoms with Crippen LogP contribution in [0.3, 0.4) is 0 Å². The Bertz CT molecular complexity index is 723. The van der Waals surface area contributed by atoms with E-state index in [0.717, 1.165) is 29.9 Å². The first-order chi connectivity index (χ1) is 14.0. The zero-order valence-electron chi connectivity index (χ0n) is 18.1. The maximum Gasteiger partial charge on any atom is 0.251 e. The van der Waals surface area contributed by atoms with Crippen LogP contribution in [0.4, 0.5) is 8.78 Å². The van der Waals surface area contributed by atoms with Gasteiger partial charge in [0.15, 0.2) is 0 Å². The first-order valence-electron chi connectivity index (χ1n) is 10.0. The second kappa shape index (κ2) is 12.3. The normalized spacial score (nSPS) is 13.1. The number of imide groups is 1. The van der Waals surface area contributed by atoms with Gasteiger partial charge in [0.2, 0.25) is 11.8 Å². The highest BCUT2D eigenvalue weighted by molar-refractivity contribution is 6.01. The van der Waals surface area contributed by atoms with Crippen LogP contribution in [0.1, 0.15) is 38.7 Å². The smallest absolute Gasteiger partial charge is 0.251 e. The standard InChI is InChI=1S/C21H32F2N4O3/c1-5-6-7-18(24)21(30)27(9-8-26(3)4)20(29)14(2)25-19(28)12-15-10-16(22)13-17(23)11-15/h10-11,13-14,18H,5-9,12,24H2,1-4H3,(H,25,28)/t14-,18?/m0/s1. The van der Waals surface area contributed by atoms with Crippen LogP contribution in [-0.4, -0.2) is 66.8 Å². The van der Waals surface area contributed by atoms with Crippen molar-refractivity contribution in [3.63, 3.8) is 0 Å². The van der Waals surface area contributed by atoms with E-state index in [1.54, 1.807) is 0 Å². The van der Waals surface area contributed by atoms with Crippen LogP contribution >= 0.6 is 0 Å². The lowest BCUT2D eigenvalue weighted by Gasteiger charge is -2.28. The number of nitrogens with one attached hydrogen (secondary N) is 1. The average molecular weight is 427 g/mol. The molecule has 0 bridgehead atoms. The summed E-state index contributed by atoms with van der Waals surface area (Å²) in [5.41, 5.74) is 6.11. The predicted molar refractivity (Wildman–Crippen MR) is 110 cm³/mol. The number of carbonyl (C=O) groups excluding carboxylic acids is 3. The Labute approximate surface area is 176 Å². The van der Waals surface area contributed by atoms with Crippen LogP contribution in [0, 0.1) is 11.6 Å². The van der Waals surface area contributed by atoms with E-state index in [1.807, 2.05) is 25.9 Å². The van der Waals surface area contributed by atoms with Crippen molar-refractivity contribution in [2.24, 2.45) is 5.73 Å². The molecule has 0 aliphatic rings. The van der Waals surface area contributed by atoms with Crippen molar-refractivity contribution >= 4 is 17.7 Å². The van der Waals surface area contributed by atoms with E-state index < -0.39 is 41.4 Å². The predicted octanol–water partition coefficient (Wildman–Crippen LogP) is 1.45. The Morgan fingerprint density at radius 3 is 2.20 bits per heavy atom. The molecule has 2 atom stereocenters. The summed E-state index contributed by atoms with van der Waals surface area (Å²) in [5.74, 6) is -3.22. The Morgan fingerprint density at radius 1 is 1.07 bits per heavy atom. The van der Waals surface area contributed by atoms with Gasteiger partial charge in [-0.25, -0.2) is 8.78 Å². The van der Waals surface area contributed by atoms with Crippen LogP contribution in [0.2, 0.25) is 0 Å². The molecule has 0 fully saturated rings. The van der Waals surface area contributed by atoms with Crippen molar-refractivity contribution in [2.45, 2.75) is 51.6 Å². The molecule has 1 aromatic carbocycles. The summed E-state index contributed by atoms with van der Waals surface area (Å²) in [6.45, 7) is 4.02. The van der Waals surface area contributed by atoms with Crippen LogP contribution < -0.4 is 11.1 Å². The zero-order chi connectivity index (χ0) is 22.8. The molecule has 0 saturated carbocycles. The van der Waals surface area contributed by atoms with E-state index >= 15 is 0 Å². The van der Waals surface area contributed by atoms with Gasteiger partial charge in [-0.05, 0) is 45.1 Å². The molecule has 1 aromatic rings. The largest absolute Gasteiger partial charge is 0.344 e. The Kier molecular flexibility index (Phi) is 10.5. The summed E-state index contributed by atoms with van der Waals surface area (Å²) in [4.78, 5) is 40.7. The minimum atomic E-state index is -1.000. The number of amides is 3. The molecule has 9 heteroatoms. The maximum atomic E-state index is 13.3. The summed E-state index contributed by atoms with van der Waals surface area (Å²) in [6.07, 6.45) is 1.81. The number of hydrogen-bond acceptors (Lipinski definition) is 5. The van der Waals surface area contributed by atoms with Gasteiger partial charge in [-0.1, -0.05) is 19.8 Å². The zero-order valence-corrected chi connectivity index (χ0v) is 18.1. The molecule has 3 N–H and O–H groups in total. The number of nitrogens with two attached hydrogens (primary N) is 1. The van der Waals surface area contributed by atoms with E-state index in [1.165, 1.54) is 6.92 Å². The van der Waals surface area contributed by atoms with Gasteiger partial charge in [-0.2, -0.15) is 0 Å². The highest BCUT2D eigenvalue weighted by Crippen LogP contribution is 2.09. The van der Waals surface area contributed by atoms with E-state index in [-0.39, 0.29) is 18.5 Å². The molecule has 3 amide bonds. The topological polar surface area (TPSA) is 95.7 Å². The SMILES string of the molecule is CCCCC(N)C(=O)N(CCN(C)C)C(=O)[C@H](C)NC(=O)Cc1cc(F)cc(F)c1. The number of likely N-dealkylation sites (N-methyl/N-ethyl adjacent to an activating group) is 1. The molecule has 1 rings (SSSR count). The molecule has 0 aliphatic carbocycles. The maximum absolute atomic E-state index is 13.3. The molecule has 30 heavy (non-hydrogen) atoms. The number of carbonyl (C=O) groups is 3. The molecule has 0 spiro atoms. The van der Waals surface area contributed by atoms with Crippen molar-refractivity contribution in [2.75, 3.05) is 27.2 Å². The average Bonchev–Trinajstić information content (AvgIpc) is 2.64. The van der Waals surface area contributed by atoms with E-state index in [2.05, 4.69) is 5.32 Å². The van der Waals surface area contributed by atoms with E-state index in [0.29, 0.717) is 19.0 Å². The van der Waals surface area contributed by atoms with Crippen LogP contribution in [0.5, 0.6) is 0 Å². The molecule has 0 aromatic heterocycles. The van der Waals surface area contributed by atoms with Gasteiger partial charge >= 0.3 is 0 Å². The Hall–Kier alpha value is -2.39. The lowest BCUT2D eigenvalue weighted by atomic mass is 10.1. The number of nitrogens with zero attached hydrogens (tertiary/aromatic N) is 2. The molecule has 0 aliphatic heterocycles. The molecule has 0 saturated heterocycles. The molecule has 168 valence electrons. The minimum absolute atomic E-state index is 0.139. The third-order valence-electron chi connectivity index (χ3n) is 4.52. The fourth-order valence-corrected chi connectivity index (χ4v) is 2.86. The minimum Gasteiger partial charge on any atom is -0.344 e. The summed E-state index contributed by atoms with van der Waals surface area (Å²) in [5, 5.41) is 2.49. The first-order valence-corrected chi connectivity index (χ1v) is 10.0. The number of hydrogen-bond donors (Lipinski definition) is 2. The van der Waals surface area contributed by atoms with Crippen molar-refractivity contribution in [3.05, 3.63) is 35.4 Å². The Balaban J connectivity index is 2.82. The molecule has 0 radical (unpaired) electrons.